The molecule has 3 rings (SSSR count). The van der Waals surface area contributed by atoms with Crippen molar-refractivity contribution in [1.29, 1.82) is 0 Å². The van der Waals surface area contributed by atoms with Crippen LogP contribution in [0.4, 0.5) is 0 Å². The summed E-state index contributed by atoms with van der Waals surface area (Å²) in [6.07, 6.45) is 6.58. The summed E-state index contributed by atoms with van der Waals surface area (Å²) in [6, 6.07) is 8.54. The Morgan fingerprint density at radius 1 is 0.966 bits per heavy atom. The fourth-order valence-electron chi connectivity index (χ4n) is 3.37. The first-order valence-electron chi connectivity index (χ1n) is 9.63. The number of hydrogen-bond donors (Lipinski definition) is 0. The third-order valence-corrected chi connectivity index (χ3v) is 6.64. The Morgan fingerprint density at radius 3 is 1.93 bits per heavy atom. The summed E-state index contributed by atoms with van der Waals surface area (Å²) < 4.78 is 5.89. The Kier molecular flexibility index (Phi) is 14.4. The molecule has 5 heteroatoms. The van der Waals surface area contributed by atoms with Crippen LogP contribution in [0.5, 0.6) is 0 Å². The zero-order valence-corrected chi connectivity index (χ0v) is 24.0. The van der Waals surface area contributed by atoms with Gasteiger partial charge in [-0.05, 0) is 26.1 Å². The number of benzene rings is 1. The SMILES string of the molecule is C[Si](C)(C)OCCC1[C-]=Cc2ccccc21.Cc1c(C)c(C)[c-](C)c1C.[Cl-].[Cl-].[Zr+4]. The van der Waals surface area contributed by atoms with Crippen molar-refractivity contribution in [3.8, 4) is 0 Å². The molecule has 2 aromatic carbocycles. The molecule has 1 aliphatic carbocycles. The van der Waals surface area contributed by atoms with Crippen LogP contribution >= 0.6 is 0 Å². The molecule has 0 fully saturated rings. The van der Waals surface area contributed by atoms with Crippen LogP contribution in [0.15, 0.2) is 24.3 Å². The minimum Gasteiger partial charge on any atom is -1.00 e. The average Bonchev–Trinajstić information content (AvgIpc) is 3.07. The van der Waals surface area contributed by atoms with Crippen molar-refractivity contribution in [3.63, 3.8) is 0 Å². The van der Waals surface area contributed by atoms with E-state index in [0.717, 1.165) is 13.0 Å². The average molecular weight is 529 g/mol. The molecule has 0 amide bonds. The van der Waals surface area contributed by atoms with E-state index in [2.05, 4.69) is 90.7 Å². The number of halogens is 2. The van der Waals surface area contributed by atoms with Gasteiger partial charge in [-0.3, -0.25) is 6.08 Å². The molecule has 0 aromatic heterocycles. The van der Waals surface area contributed by atoms with Crippen molar-refractivity contribution in [2.24, 2.45) is 0 Å². The molecule has 0 saturated heterocycles. The van der Waals surface area contributed by atoms with Gasteiger partial charge in [0.15, 0.2) is 8.32 Å². The van der Waals surface area contributed by atoms with Crippen molar-refractivity contribution in [2.45, 2.75) is 66.6 Å². The van der Waals surface area contributed by atoms with E-state index in [1.807, 2.05) is 0 Å². The third kappa shape index (κ3) is 8.54. The second-order valence-electron chi connectivity index (χ2n) is 8.37. The molecule has 1 unspecified atom stereocenters. The standard InChI is InChI=1S/C14H19OSi.C10H15.2ClH.Zr/c1-16(2,3)15-11-10-13-9-8-12-6-4-5-7-14(12)13;1-6-7(2)9(4)10(5)8(6)3;;;/h4-8,13H,10-11H2,1-3H3;1-5H3;2*1H;/q2*-1;;;+4/p-2. The molecule has 1 aliphatic rings. The Balaban J connectivity index is 0. The van der Waals surface area contributed by atoms with Gasteiger partial charge in [0.25, 0.3) is 0 Å². The van der Waals surface area contributed by atoms with Gasteiger partial charge in [0.2, 0.25) is 0 Å². The van der Waals surface area contributed by atoms with Crippen LogP contribution < -0.4 is 24.8 Å². The smallest absolute Gasteiger partial charge is 1.00 e. The summed E-state index contributed by atoms with van der Waals surface area (Å²) in [5.74, 6) is 0.438. The zero-order chi connectivity index (χ0) is 19.5. The summed E-state index contributed by atoms with van der Waals surface area (Å²) >= 11 is 0. The van der Waals surface area contributed by atoms with Crippen molar-refractivity contribution < 1.29 is 55.4 Å². The number of allylic oxidation sites excluding steroid dienone is 1. The normalized spacial score (nSPS) is 14.0. The fourth-order valence-corrected chi connectivity index (χ4v) is 4.10. The van der Waals surface area contributed by atoms with Crippen LogP contribution in [0.3, 0.4) is 0 Å². The predicted molar refractivity (Wildman–Crippen MR) is 117 cm³/mol. The van der Waals surface area contributed by atoms with Crippen LogP contribution in [0.2, 0.25) is 19.6 Å². The van der Waals surface area contributed by atoms with E-state index >= 15 is 0 Å². The molecule has 2 aromatic rings. The van der Waals surface area contributed by atoms with Gasteiger partial charge in [-0.25, -0.2) is 6.08 Å². The first kappa shape index (κ1) is 31.1. The van der Waals surface area contributed by atoms with Crippen LogP contribution in [0.25, 0.3) is 6.08 Å². The maximum atomic E-state index is 5.89. The molecule has 0 heterocycles. The third-order valence-electron chi connectivity index (χ3n) is 5.57. The van der Waals surface area contributed by atoms with Crippen molar-refractivity contribution in [1.82, 2.24) is 0 Å². The van der Waals surface area contributed by atoms with Gasteiger partial charge in [0, 0.05) is 6.61 Å². The van der Waals surface area contributed by atoms with Gasteiger partial charge < -0.3 is 29.2 Å². The summed E-state index contributed by atoms with van der Waals surface area (Å²) in [4.78, 5) is 0. The van der Waals surface area contributed by atoms with E-state index in [1.54, 1.807) is 0 Å². The summed E-state index contributed by atoms with van der Waals surface area (Å²) in [5.41, 5.74) is 10.1. The van der Waals surface area contributed by atoms with E-state index in [-0.39, 0.29) is 51.0 Å². The fraction of sp³-hybridized carbons (Fsp3) is 0.458. The van der Waals surface area contributed by atoms with Crippen LogP contribution in [0.1, 0.15) is 51.3 Å². The molecule has 0 aliphatic heterocycles. The van der Waals surface area contributed by atoms with Gasteiger partial charge in [-0.2, -0.15) is 33.4 Å². The van der Waals surface area contributed by atoms with Gasteiger partial charge in [-0.1, -0.05) is 58.7 Å². The first-order valence-corrected chi connectivity index (χ1v) is 13.0. The molecule has 0 saturated carbocycles. The Hall–Kier alpha value is -0.0500. The largest absolute Gasteiger partial charge is 4.00 e. The summed E-state index contributed by atoms with van der Waals surface area (Å²) in [7, 11) is -1.36. The quantitative estimate of drug-likeness (QED) is 0.422. The number of fused-ring (bicyclic) bond motifs is 1. The van der Waals surface area contributed by atoms with Crippen molar-refractivity contribution in [3.05, 3.63) is 69.3 Å². The zero-order valence-electron chi connectivity index (χ0n) is 19.0. The van der Waals surface area contributed by atoms with Gasteiger partial charge >= 0.3 is 26.2 Å². The molecule has 0 radical (unpaired) electrons. The molecule has 29 heavy (non-hydrogen) atoms. The Morgan fingerprint density at radius 2 is 1.48 bits per heavy atom. The van der Waals surface area contributed by atoms with Gasteiger partial charge in [0.1, 0.15) is 0 Å². The Labute approximate surface area is 211 Å². The molecule has 0 bridgehead atoms. The van der Waals surface area contributed by atoms with Crippen LogP contribution in [0, 0.1) is 40.7 Å². The van der Waals surface area contributed by atoms with Crippen LogP contribution in [-0.2, 0) is 30.6 Å². The van der Waals surface area contributed by atoms with E-state index in [1.165, 1.54) is 38.9 Å². The first-order chi connectivity index (χ1) is 12.1. The molecular weight excluding hydrogens is 494 g/mol. The van der Waals surface area contributed by atoms with E-state index in [0.29, 0.717) is 5.92 Å². The van der Waals surface area contributed by atoms with E-state index < -0.39 is 8.32 Å². The molecule has 1 nitrogen and oxygen atoms in total. The second kappa shape index (κ2) is 13.4. The van der Waals surface area contributed by atoms with E-state index in [4.69, 9.17) is 4.43 Å². The molecule has 0 N–H and O–H groups in total. The van der Waals surface area contributed by atoms with Gasteiger partial charge in [-0.15, -0.1) is 11.6 Å². The molecule has 1 atom stereocenters. The minimum absolute atomic E-state index is 0. The monoisotopic (exact) mass is 526 g/mol. The molecular formula is C24H34Cl2OSiZr. The molecule has 158 valence electrons. The maximum absolute atomic E-state index is 5.89. The van der Waals surface area contributed by atoms with Crippen LogP contribution in [-0.4, -0.2) is 14.9 Å². The molecule has 0 spiro atoms. The topological polar surface area (TPSA) is 9.23 Å². The van der Waals surface area contributed by atoms with Gasteiger partial charge in [0.05, 0.1) is 0 Å². The second-order valence-corrected chi connectivity index (χ2v) is 12.9. The minimum atomic E-state index is -1.36. The number of hydrogen-bond acceptors (Lipinski definition) is 1. The maximum Gasteiger partial charge on any atom is 4.00 e. The Bertz CT molecular complexity index is 711. The van der Waals surface area contributed by atoms with Crippen molar-refractivity contribution in [2.75, 3.05) is 6.61 Å². The van der Waals surface area contributed by atoms with E-state index in [9.17, 15) is 0 Å². The predicted octanol–water partition coefficient (Wildman–Crippen LogP) is 0.795. The summed E-state index contributed by atoms with van der Waals surface area (Å²) in [5, 5.41) is 0. The number of rotatable bonds is 4. The van der Waals surface area contributed by atoms with Crippen molar-refractivity contribution >= 4 is 14.4 Å². The summed E-state index contributed by atoms with van der Waals surface area (Å²) in [6.45, 7) is 18.5.